The van der Waals surface area contributed by atoms with Crippen LogP contribution in [0.15, 0.2) is 51.4 Å². The standard InChI is InChI=1S/C14H10Br2FNO/c15-10-3-1-2-9(6-10)7-14(19)18-11-4-5-13(17)12(16)8-11/h1-6,8H,7H2,(H,18,19). The molecule has 0 aliphatic carbocycles. The van der Waals surface area contributed by atoms with Gasteiger partial charge in [-0.15, -0.1) is 0 Å². The van der Waals surface area contributed by atoms with E-state index in [1.165, 1.54) is 18.2 Å². The predicted molar refractivity (Wildman–Crippen MR) is 80.6 cm³/mol. The van der Waals surface area contributed by atoms with Crippen LogP contribution in [0.3, 0.4) is 0 Å². The molecule has 0 aliphatic rings. The van der Waals surface area contributed by atoms with E-state index in [-0.39, 0.29) is 18.1 Å². The van der Waals surface area contributed by atoms with E-state index in [4.69, 9.17) is 0 Å². The van der Waals surface area contributed by atoms with E-state index in [2.05, 4.69) is 37.2 Å². The first-order valence-electron chi connectivity index (χ1n) is 5.54. The molecule has 0 fully saturated rings. The first-order valence-corrected chi connectivity index (χ1v) is 7.12. The molecule has 2 aromatic carbocycles. The van der Waals surface area contributed by atoms with Gasteiger partial charge in [-0.1, -0.05) is 28.1 Å². The van der Waals surface area contributed by atoms with E-state index >= 15 is 0 Å². The SMILES string of the molecule is O=C(Cc1cccc(Br)c1)Nc1ccc(F)c(Br)c1. The Kier molecular flexibility index (Phi) is 4.71. The van der Waals surface area contributed by atoms with Crippen molar-refractivity contribution in [3.63, 3.8) is 0 Å². The third-order valence-electron chi connectivity index (χ3n) is 2.46. The molecule has 98 valence electrons. The van der Waals surface area contributed by atoms with Crippen LogP contribution in [-0.2, 0) is 11.2 Å². The fraction of sp³-hybridized carbons (Fsp3) is 0.0714. The van der Waals surface area contributed by atoms with Gasteiger partial charge in [0.05, 0.1) is 10.9 Å². The smallest absolute Gasteiger partial charge is 0.228 e. The van der Waals surface area contributed by atoms with Crippen molar-refractivity contribution in [2.75, 3.05) is 5.32 Å². The van der Waals surface area contributed by atoms with Crippen molar-refractivity contribution in [1.82, 2.24) is 0 Å². The molecule has 2 rings (SSSR count). The fourth-order valence-electron chi connectivity index (χ4n) is 1.61. The lowest BCUT2D eigenvalue weighted by atomic mass is 10.1. The lowest BCUT2D eigenvalue weighted by Crippen LogP contribution is -2.14. The number of hydrogen-bond donors (Lipinski definition) is 1. The summed E-state index contributed by atoms with van der Waals surface area (Å²) in [6.45, 7) is 0. The minimum Gasteiger partial charge on any atom is -0.326 e. The van der Waals surface area contributed by atoms with Gasteiger partial charge in [-0.2, -0.15) is 0 Å². The van der Waals surface area contributed by atoms with Crippen LogP contribution in [0.1, 0.15) is 5.56 Å². The second kappa shape index (κ2) is 6.30. The maximum atomic E-state index is 13.1. The van der Waals surface area contributed by atoms with Gasteiger partial charge in [0.25, 0.3) is 0 Å². The molecular weight excluding hydrogens is 377 g/mol. The van der Waals surface area contributed by atoms with Crippen LogP contribution in [0.25, 0.3) is 0 Å². The quantitative estimate of drug-likeness (QED) is 0.824. The summed E-state index contributed by atoms with van der Waals surface area (Å²) in [5, 5.41) is 2.73. The summed E-state index contributed by atoms with van der Waals surface area (Å²) in [4.78, 5) is 11.9. The van der Waals surface area contributed by atoms with Crippen LogP contribution < -0.4 is 5.32 Å². The minimum absolute atomic E-state index is 0.142. The lowest BCUT2D eigenvalue weighted by molar-refractivity contribution is -0.115. The van der Waals surface area contributed by atoms with E-state index in [1.807, 2.05) is 24.3 Å². The Morgan fingerprint density at radius 1 is 1.16 bits per heavy atom. The Morgan fingerprint density at radius 2 is 1.95 bits per heavy atom. The number of anilines is 1. The van der Waals surface area contributed by atoms with E-state index in [9.17, 15) is 9.18 Å². The maximum Gasteiger partial charge on any atom is 0.228 e. The van der Waals surface area contributed by atoms with Gasteiger partial charge in [0, 0.05) is 10.2 Å². The van der Waals surface area contributed by atoms with Gasteiger partial charge in [0.2, 0.25) is 5.91 Å². The van der Waals surface area contributed by atoms with E-state index in [0.717, 1.165) is 10.0 Å². The van der Waals surface area contributed by atoms with Crippen molar-refractivity contribution >= 4 is 43.5 Å². The summed E-state index contributed by atoms with van der Waals surface area (Å²) >= 11 is 6.44. The van der Waals surface area contributed by atoms with Gasteiger partial charge in [-0.05, 0) is 51.8 Å². The monoisotopic (exact) mass is 385 g/mol. The van der Waals surface area contributed by atoms with Crippen LogP contribution >= 0.6 is 31.9 Å². The van der Waals surface area contributed by atoms with Gasteiger partial charge in [-0.25, -0.2) is 4.39 Å². The average molecular weight is 387 g/mol. The highest BCUT2D eigenvalue weighted by molar-refractivity contribution is 9.10. The number of carbonyl (C=O) groups is 1. The van der Waals surface area contributed by atoms with Gasteiger partial charge >= 0.3 is 0 Å². The van der Waals surface area contributed by atoms with Crippen molar-refractivity contribution in [2.45, 2.75) is 6.42 Å². The normalized spacial score (nSPS) is 10.3. The summed E-state index contributed by atoms with van der Waals surface area (Å²) in [5.41, 5.74) is 1.47. The Morgan fingerprint density at radius 3 is 2.63 bits per heavy atom. The lowest BCUT2D eigenvalue weighted by Gasteiger charge is -2.06. The highest BCUT2D eigenvalue weighted by Crippen LogP contribution is 2.20. The van der Waals surface area contributed by atoms with Crippen LogP contribution in [0.4, 0.5) is 10.1 Å². The van der Waals surface area contributed by atoms with Crippen molar-refractivity contribution in [2.24, 2.45) is 0 Å². The van der Waals surface area contributed by atoms with E-state index < -0.39 is 0 Å². The number of rotatable bonds is 3. The highest BCUT2D eigenvalue weighted by Gasteiger charge is 2.06. The van der Waals surface area contributed by atoms with Crippen molar-refractivity contribution in [3.8, 4) is 0 Å². The molecule has 0 heterocycles. The molecule has 1 amide bonds. The molecule has 5 heteroatoms. The molecule has 0 aliphatic heterocycles. The molecular formula is C14H10Br2FNO. The Balaban J connectivity index is 2.03. The number of nitrogens with one attached hydrogen (secondary N) is 1. The Labute approximate surface area is 127 Å². The van der Waals surface area contributed by atoms with Crippen molar-refractivity contribution in [1.29, 1.82) is 0 Å². The predicted octanol–water partition coefficient (Wildman–Crippen LogP) is 4.53. The Bertz CT molecular complexity index is 616. The largest absolute Gasteiger partial charge is 0.326 e. The van der Waals surface area contributed by atoms with Gasteiger partial charge in [0.15, 0.2) is 0 Å². The zero-order valence-corrected chi connectivity index (χ0v) is 13.0. The molecule has 0 spiro atoms. The van der Waals surface area contributed by atoms with Crippen LogP contribution in [-0.4, -0.2) is 5.91 Å². The number of halogens is 3. The number of benzene rings is 2. The summed E-state index contributed by atoms with van der Waals surface area (Å²) in [5.74, 6) is -0.499. The molecule has 0 atom stereocenters. The van der Waals surface area contributed by atoms with Crippen molar-refractivity contribution in [3.05, 3.63) is 62.8 Å². The summed E-state index contributed by atoms with van der Waals surface area (Å²) in [6, 6.07) is 11.9. The topological polar surface area (TPSA) is 29.1 Å². The molecule has 0 radical (unpaired) electrons. The fourth-order valence-corrected chi connectivity index (χ4v) is 2.44. The molecule has 2 nitrogen and oxygen atoms in total. The first-order chi connectivity index (χ1) is 9.04. The van der Waals surface area contributed by atoms with E-state index in [1.54, 1.807) is 0 Å². The number of hydrogen-bond acceptors (Lipinski definition) is 1. The number of amides is 1. The third-order valence-corrected chi connectivity index (χ3v) is 3.56. The van der Waals surface area contributed by atoms with E-state index in [0.29, 0.717) is 10.2 Å². The average Bonchev–Trinajstić information content (AvgIpc) is 2.34. The second-order valence-corrected chi connectivity index (χ2v) is 5.75. The molecule has 2 aromatic rings. The van der Waals surface area contributed by atoms with Gasteiger partial charge in [-0.3, -0.25) is 4.79 Å². The zero-order valence-electron chi connectivity index (χ0n) is 9.79. The second-order valence-electron chi connectivity index (χ2n) is 3.98. The highest BCUT2D eigenvalue weighted by atomic mass is 79.9. The summed E-state index contributed by atoms with van der Waals surface area (Å²) in [6.07, 6.45) is 0.272. The zero-order chi connectivity index (χ0) is 13.8. The van der Waals surface area contributed by atoms with Crippen molar-refractivity contribution < 1.29 is 9.18 Å². The summed E-state index contributed by atoms with van der Waals surface area (Å²) < 4.78 is 14.3. The molecule has 0 saturated carbocycles. The van der Waals surface area contributed by atoms with Crippen LogP contribution in [0.2, 0.25) is 0 Å². The molecule has 0 saturated heterocycles. The molecule has 19 heavy (non-hydrogen) atoms. The summed E-state index contributed by atoms with van der Waals surface area (Å²) in [7, 11) is 0. The van der Waals surface area contributed by atoms with Crippen LogP contribution in [0.5, 0.6) is 0 Å². The third kappa shape index (κ3) is 4.14. The van der Waals surface area contributed by atoms with Crippen LogP contribution in [0, 0.1) is 5.82 Å². The number of carbonyl (C=O) groups excluding carboxylic acids is 1. The van der Waals surface area contributed by atoms with Gasteiger partial charge < -0.3 is 5.32 Å². The maximum absolute atomic E-state index is 13.1. The molecule has 0 bridgehead atoms. The van der Waals surface area contributed by atoms with Gasteiger partial charge in [0.1, 0.15) is 5.82 Å². The first kappa shape index (κ1) is 14.2. The Hall–Kier alpha value is -1.20. The molecule has 0 unspecified atom stereocenters. The molecule has 1 N–H and O–H groups in total. The minimum atomic E-state index is -0.356. The molecule has 0 aromatic heterocycles.